The van der Waals surface area contributed by atoms with Crippen molar-refractivity contribution >= 4 is 10.0 Å². The number of halogens is 3. The summed E-state index contributed by atoms with van der Waals surface area (Å²) in [5.74, 6) is 0. The number of aromatic nitrogens is 1. The van der Waals surface area contributed by atoms with E-state index in [-0.39, 0.29) is 13.2 Å². The summed E-state index contributed by atoms with van der Waals surface area (Å²) in [5, 5.41) is 0.403. The van der Waals surface area contributed by atoms with E-state index in [9.17, 15) is 21.6 Å². The summed E-state index contributed by atoms with van der Waals surface area (Å²) in [6.07, 6.45) is -1.34. The third kappa shape index (κ3) is 4.46. The molecule has 1 aromatic heterocycles. The second-order valence-corrected chi connectivity index (χ2v) is 8.15. The van der Waals surface area contributed by atoms with Crippen LogP contribution in [0.3, 0.4) is 0 Å². The predicted molar refractivity (Wildman–Crippen MR) is 91.7 cm³/mol. The molecule has 0 spiro atoms. The monoisotopic (exact) mass is 401 g/mol. The highest BCUT2D eigenvalue weighted by Gasteiger charge is 2.43. The molecule has 1 fully saturated rings. The predicted octanol–water partition coefficient (Wildman–Crippen LogP) is 2.51. The lowest BCUT2D eigenvalue weighted by molar-refractivity contribution is -0.137. The first-order valence-corrected chi connectivity index (χ1v) is 9.63. The largest absolute Gasteiger partial charge is 0.416 e. The van der Waals surface area contributed by atoms with E-state index < -0.39 is 33.1 Å². The van der Waals surface area contributed by atoms with E-state index in [4.69, 9.17) is 4.84 Å². The van der Waals surface area contributed by atoms with Crippen LogP contribution in [-0.2, 0) is 27.6 Å². The van der Waals surface area contributed by atoms with Gasteiger partial charge in [0.25, 0.3) is 0 Å². The fraction of sp³-hybridized carbons (Fsp3) is 0.353. The molecule has 0 bridgehead atoms. The molecule has 2 unspecified atom stereocenters. The van der Waals surface area contributed by atoms with Crippen molar-refractivity contribution in [1.82, 2.24) is 14.8 Å². The van der Waals surface area contributed by atoms with Crippen molar-refractivity contribution in [2.75, 3.05) is 13.7 Å². The Morgan fingerprint density at radius 3 is 2.41 bits per heavy atom. The minimum atomic E-state index is -4.45. The van der Waals surface area contributed by atoms with Gasteiger partial charge in [0.15, 0.2) is 0 Å². The van der Waals surface area contributed by atoms with Crippen LogP contribution in [0.15, 0.2) is 48.8 Å². The lowest BCUT2D eigenvalue weighted by atomic mass is 10.0. The first-order valence-electron chi connectivity index (χ1n) is 8.09. The zero-order valence-corrected chi connectivity index (χ0v) is 15.2. The molecule has 1 saturated heterocycles. The average Bonchev–Trinajstić information content (AvgIpc) is 3.03. The van der Waals surface area contributed by atoms with Crippen LogP contribution >= 0.6 is 0 Å². The third-order valence-corrected chi connectivity index (χ3v) is 6.13. The molecular formula is C17H18F3N3O3S. The van der Waals surface area contributed by atoms with Gasteiger partial charge in [0, 0.05) is 26.0 Å². The van der Waals surface area contributed by atoms with Gasteiger partial charge in [-0.3, -0.25) is 9.82 Å². The van der Waals surface area contributed by atoms with Gasteiger partial charge in [-0.15, -0.1) is 0 Å². The number of alkyl halides is 3. The second-order valence-electron chi connectivity index (χ2n) is 6.17. The van der Waals surface area contributed by atoms with Gasteiger partial charge in [0.2, 0.25) is 10.0 Å². The fourth-order valence-electron chi connectivity index (χ4n) is 2.94. The molecule has 1 aromatic carbocycles. The lowest BCUT2D eigenvalue weighted by Crippen LogP contribution is -2.39. The van der Waals surface area contributed by atoms with E-state index in [0.717, 1.165) is 17.7 Å². The SMILES string of the molecule is CN1OCC(S(=O)(=O)NCc2ccncc2)C1c1ccc(C(F)(F)F)cc1. The Hall–Kier alpha value is -2.01. The molecule has 2 aromatic rings. The smallest absolute Gasteiger partial charge is 0.297 e. The van der Waals surface area contributed by atoms with E-state index in [0.29, 0.717) is 5.56 Å². The van der Waals surface area contributed by atoms with Crippen LogP contribution in [0.1, 0.15) is 22.7 Å². The van der Waals surface area contributed by atoms with Crippen LogP contribution in [0.4, 0.5) is 13.2 Å². The summed E-state index contributed by atoms with van der Waals surface area (Å²) < 4.78 is 66.3. The summed E-state index contributed by atoms with van der Waals surface area (Å²) in [6.45, 7) is -0.00132. The molecule has 10 heteroatoms. The molecule has 2 heterocycles. The Balaban J connectivity index is 1.80. The minimum Gasteiger partial charge on any atom is -0.297 e. The van der Waals surface area contributed by atoms with Crippen molar-refractivity contribution in [2.24, 2.45) is 0 Å². The lowest BCUT2D eigenvalue weighted by Gasteiger charge is -2.23. The fourth-order valence-corrected chi connectivity index (χ4v) is 4.43. The number of nitrogens with one attached hydrogen (secondary N) is 1. The van der Waals surface area contributed by atoms with Gasteiger partial charge in [-0.2, -0.15) is 18.2 Å². The molecule has 146 valence electrons. The van der Waals surface area contributed by atoms with Crippen molar-refractivity contribution in [3.05, 3.63) is 65.5 Å². The van der Waals surface area contributed by atoms with Gasteiger partial charge in [0.1, 0.15) is 5.25 Å². The highest BCUT2D eigenvalue weighted by molar-refractivity contribution is 7.90. The molecule has 0 radical (unpaired) electrons. The Kier molecular flexibility index (Phi) is 5.52. The minimum absolute atomic E-state index is 0.0881. The number of hydrogen-bond acceptors (Lipinski definition) is 5. The first-order chi connectivity index (χ1) is 12.7. The zero-order chi connectivity index (χ0) is 19.7. The van der Waals surface area contributed by atoms with E-state index in [1.54, 1.807) is 31.6 Å². The number of hydrogen-bond donors (Lipinski definition) is 1. The molecule has 1 aliphatic rings. The van der Waals surface area contributed by atoms with Crippen molar-refractivity contribution in [2.45, 2.75) is 24.0 Å². The normalized spacial score (nSPS) is 21.5. The molecule has 0 aliphatic carbocycles. The van der Waals surface area contributed by atoms with E-state index in [1.807, 2.05) is 0 Å². The molecule has 2 atom stereocenters. The standard InChI is InChI=1S/C17H18F3N3O3S/c1-23-16(13-2-4-14(5-3-13)17(18,19)20)15(11-26-23)27(24,25)22-10-12-6-8-21-9-7-12/h2-9,15-16,22H,10-11H2,1H3. The van der Waals surface area contributed by atoms with Gasteiger partial charge < -0.3 is 0 Å². The molecule has 0 saturated carbocycles. The number of rotatable bonds is 5. The summed E-state index contributed by atoms with van der Waals surface area (Å²) in [6, 6.07) is 7.10. The zero-order valence-electron chi connectivity index (χ0n) is 14.3. The molecule has 27 heavy (non-hydrogen) atoms. The summed E-state index contributed by atoms with van der Waals surface area (Å²) in [5.41, 5.74) is 0.386. The van der Waals surface area contributed by atoms with Crippen LogP contribution in [-0.4, -0.2) is 37.4 Å². The van der Waals surface area contributed by atoms with Crippen LogP contribution in [0, 0.1) is 0 Å². The molecule has 6 nitrogen and oxygen atoms in total. The van der Waals surface area contributed by atoms with E-state index in [1.165, 1.54) is 17.2 Å². The highest BCUT2D eigenvalue weighted by atomic mass is 32.2. The van der Waals surface area contributed by atoms with Crippen molar-refractivity contribution in [1.29, 1.82) is 0 Å². The Labute approximate surface area is 155 Å². The Morgan fingerprint density at radius 2 is 1.81 bits per heavy atom. The van der Waals surface area contributed by atoms with Crippen molar-refractivity contribution < 1.29 is 26.4 Å². The van der Waals surface area contributed by atoms with Crippen LogP contribution < -0.4 is 4.72 Å². The second kappa shape index (κ2) is 7.55. The topological polar surface area (TPSA) is 71.5 Å². The van der Waals surface area contributed by atoms with Gasteiger partial charge in [-0.25, -0.2) is 13.1 Å². The quantitative estimate of drug-likeness (QED) is 0.834. The summed E-state index contributed by atoms with van der Waals surface area (Å²) in [7, 11) is -2.23. The number of benzene rings is 1. The number of nitrogens with zero attached hydrogens (tertiary/aromatic N) is 2. The van der Waals surface area contributed by atoms with Crippen LogP contribution in [0.2, 0.25) is 0 Å². The van der Waals surface area contributed by atoms with Crippen LogP contribution in [0.25, 0.3) is 0 Å². The number of hydroxylamine groups is 2. The molecular weight excluding hydrogens is 383 g/mol. The number of sulfonamides is 1. The average molecular weight is 401 g/mol. The molecule has 1 aliphatic heterocycles. The van der Waals surface area contributed by atoms with E-state index >= 15 is 0 Å². The van der Waals surface area contributed by atoms with Crippen molar-refractivity contribution in [3.8, 4) is 0 Å². The molecule has 3 rings (SSSR count). The van der Waals surface area contributed by atoms with Gasteiger partial charge >= 0.3 is 6.18 Å². The maximum Gasteiger partial charge on any atom is 0.416 e. The molecule has 1 N–H and O–H groups in total. The Morgan fingerprint density at radius 1 is 1.19 bits per heavy atom. The number of pyridine rings is 1. The highest BCUT2D eigenvalue weighted by Crippen LogP contribution is 2.35. The first kappa shape index (κ1) is 19.7. The maximum absolute atomic E-state index is 12.8. The van der Waals surface area contributed by atoms with Gasteiger partial charge in [-0.1, -0.05) is 12.1 Å². The maximum atomic E-state index is 12.8. The molecule has 0 amide bonds. The summed E-state index contributed by atoms with van der Waals surface area (Å²) >= 11 is 0. The van der Waals surface area contributed by atoms with E-state index in [2.05, 4.69) is 9.71 Å². The summed E-state index contributed by atoms with van der Waals surface area (Å²) in [4.78, 5) is 9.22. The van der Waals surface area contributed by atoms with Crippen LogP contribution in [0.5, 0.6) is 0 Å². The third-order valence-electron chi connectivity index (χ3n) is 4.39. The van der Waals surface area contributed by atoms with Crippen molar-refractivity contribution in [3.63, 3.8) is 0 Å². The van der Waals surface area contributed by atoms with Gasteiger partial charge in [0.05, 0.1) is 18.2 Å². The van der Waals surface area contributed by atoms with Gasteiger partial charge in [-0.05, 0) is 35.4 Å². The Bertz CT molecular complexity index is 874.